The van der Waals surface area contributed by atoms with Gasteiger partial charge in [-0.3, -0.25) is 4.79 Å². The van der Waals surface area contributed by atoms with Gasteiger partial charge >= 0.3 is 17.9 Å². The minimum Gasteiger partial charge on any atom is -0.459 e. The smallest absolute Gasteiger partial charge is 0.333 e. The van der Waals surface area contributed by atoms with E-state index in [0.29, 0.717) is 29.8 Å². The summed E-state index contributed by atoms with van der Waals surface area (Å²) in [5, 5.41) is 26.4. The number of ketones is 1. The highest BCUT2D eigenvalue weighted by Crippen LogP contribution is 2.71. The second-order valence-corrected chi connectivity index (χ2v) is 15.9. The first-order chi connectivity index (χ1) is 23.9. The maximum atomic E-state index is 13.7. The number of aliphatic hydroxyl groups is 2. The van der Waals surface area contributed by atoms with Crippen molar-refractivity contribution in [2.45, 2.75) is 115 Å². The summed E-state index contributed by atoms with van der Waals surface area (Å²) in [4.78, 5) is 53.1. The number of hydrogen-bond donors (Lipinski definition) is 2. The zero-order chi connectivity index (χ0) is 37.6. The van der Waals surface area contributed by atoms with E-state index in [1.807, 2.05) is 45.9 Å². The normalized spacial score (nSPS) is 36.1. The van der Waals surface area contributed by atoms with Crippen LogP contribution >= 0.6 is 11.6 Å². The number of benzene rings is 1. The average Bonchev–Trinajstić information content (AvgIpc) is 3.31. The minimum atomic E-state index is -2.01. The molecule has 4 aliphatic rings. The predicted molar refractivity (Wildman–Crippen MR) is 190 cm³/mol. The van der Waals surface area contributed by atoms with Gasteiger partial charge in [-0.15, -0.1) is 0 Å². The van der Waals surface area contributed by atoms with Crippen molar-refractivity contribution in [3.63, 3.8) is 0 Å². The Bertz CT molecular complexity index is 1660. The van der Waals surface area contributed by atoms with Crippen LogP contribution in [0.5, 0.6) is 0 Å². The lowest BCUT2D eigenvalue weighted by Gasteiger charge is -2.67. The lowest BCUT2D eigenvalue weighted by molar-refractivity contribution is -0.315. The minimum absolute atomic E-state index is 0.0365. The van der Waals surface area contributed by atoms with Gasteiger partial charge in [-0.2, -0.15) is 0 Å². The molecule has 51 heavy (non-hydrogen) atoms. The number of carbonyl (C=O) groups is 4. The van der Waals surface area contributed by atoms with Gasteiger partial charge in [0.1, 0.15) is 30.0 Å². The first kappa shape index (κ1) is 38.9. The number of allylic oxidation sites excluding steroid dienone is 1. The number of ether oxygens (including phenoxy) is 4. The van der Waals surface area contributed by atoms with E-state index in [0.717, 1.165) is 11.1 Å². The maximum absolute atomic E-state index is 13.7. The number of halogens is 1. The van der Waals surface area contributed by atoms with Gasteiger partial charge in [-0.05, 0) is 88.3 Å². The van der Waals surface area contributed by atoms with Crippen molar-refractivity contribution >= 4 is 41.4 Å². The number of rotatable bonds is 10. The van der Waals surface area contributed by atoms with Crippen molar-refractivity contribution in [2.75, 3.05) is 13.7 Å². The van der Waals surface area contributed by atoms with Crippen LogP contribution in [0.25, 0.3) is 6.08 Å². The summed E-state index contributed by atoms with van der Waals surface area (Å²) >= 11 is 6.23. The van der Waals surface area contributed by atoms with E-state index in [9.17, 15) is 29.4 Å². The molecule has 0 aromatic heterocycles. The Morgan fingerprint density at radius 1 is 1.02 bits per heavy atom. The Morgan fingerprint density at radius 3 is 2.37 bits per heavy atom. The van der Waals surface area contributed by atoms with Crippen molar-refractivity contribution in [1.82, 2.24) is 0 Å². The van der Waals surface area contributed by atoms with Gasteiger partial charge in [0.25, 0.3) is 0 Å². The van der Waals surface area contributed by atoms with Gasteiger partial charge in [0.15, 0.2) is 11.4 Å². The Morgan fingerprint density at radius 2 is 1.73 bits per heavy atom. The van der Waals surface area contributed by atoms with Crippen LogP contribution in [-0.4, -0.2) is 76.6 Å². The summed E-state index contributed by atoms with van der Waals surface area (Å²) in [6, 6.07) is 7.18. The average molecular weight is 727 g/mol. The number of methoxy groups -OCH3 is 1. The van der Waals surface area contributed by atoms with Crippen LogP contribution in [0.3, 0.4) is 0 Å². The van der Waals surface area contributed by atoms with Crippen LogP contribution in [0.4, 0.5) is 0 Å². The molecule has 0 spiro atoms. The SMILES string of the molecule is COCC(=O)O[C@@]1(C(C)=O)CC[C@@]2(O)[C@]1(C)[C@H](OC(=O)/C=C(\C)C(C)C)CC1[C@@]3(C)CC[C@H](OC(=O)/C=C/c4ccccc4Cl)CC3=CC[C@]12O. The zero-order valence-electron chi connectivity index (χ0n) is 30.6. The van der Waals surface area contributed by atoms with E-state index in [4.69, 9.17) is 30.5 Å². The summed E-state index contributed by atoms with van der Waals surface area (Å²) in [5.74, 6) is -3.02. The number of esters is 3. The standard InChI is InChI=1S/C40H51ClO10/c1-24(2)25(3)20-34(44)50-32-22-31-36(5)16-15-29(49-33(43)13-12-27-10-8-9-11-30(27)41)21-28(36)14-17-38(31,46)40(47)19-18-39(26(4)42,37(32,40)6)51-35(45)23-48-7/h8-14,20,24,29,31-32,46-47H,15-19,21-23H2,1-7H3/b13-12+,25-20+/t29-,31?,32+,36-,37+,38-,39+,40+/m0/s1. The van der Waals surface area contributed by atoms with Gasteiger partial charge in [-0.25, -0.2) is 14.4 Å². The van der Waals surface area contributed by atoms with Gasteiger partial charge in [-0.1, -0.05) is 67.8 Å². The van der Waals surface area contributed by atoms with E-state index in [1.54, 1.807) is 25.1 Å². The molecule has 0 heterocycles. The fourth-order valence-corrected chi connectivity index (χ4v) is 9.71. The second-order valence-electron chi connectivity index (χ2n) is 15.5. The molecule has 0 saturated heterocycles. The lowest BCUT2D eigenvalue weighted by Crippen LogP contribution is -2.78. The summed E-state index contributed by atoms with van der Waals surface area (Å²) in [5.41, 5.74) is -5.64. The van der Waals surface area contributed by atoms with Crippen LogP contribution < -0.4 is 0 Å². The van der Waals surface area contributed by atoms with Gasteiger partial charge < -0.3 is 29.2 Å². The summed E-state index contributed by atoms with van der Waals surface area (Å²) in [6.45, 7) is 10.2. The molecule has 3 fully saturated rings. The summed E-state index contributed by atoms with van der Waals surface area (Å²) in [7, 11) is 1.33. The van der Waals surface area contributed by atoms with E-state index in [-0.39, 0.29) is 31.6 Å². The fourth-order valence-electron chi connectivity index (χ4n) is 9.51. The summed E-state index contributed by atoms with van der Waals surface area (Å²) in [6.07, 6.45) is 6.16. The molecule has 278 valence electrons. The molecule has 5 rings (SSSR count). The number of Topliss-reactive ketones (excluding diaryl/α,β-unsaturated/α-hetero) is 1. The van der Waals surface area contributed by atoms with Gasteiger partial charge in [0.05, 0.1) is 5.41 Å². The topological polar surface area (TPSA) is 146 Å². The monoisotopic (exact) mass is 726 g/mol. The molecule has 3 saturated carbocycles. The van der Waals surface area contributed by atoms with Gasteiger partial charge in [0, 0.05) is 36.6 Å². The summed E-state index contributed by atoms with van der Waals surface area (Å²) < 4.78 is 23.1. The Kier molecular flexibility index (Phi) is 10.9. The zero-order valence-corrected chi connectivity index (χ0v) is 31.4. The van der Waals surface area contributed by atoms with Crippen molar-refractivity contribution in [1.29, 1.82) is 0 Å². The molecule has 0 bridgehead atoms. The number of carbonyl (C=O) groups excluding carboxylic acids is 4. The molecule has 10 nitrogen and oxygen atoms in total. The highest BCUT2D eigenvalue weighted by Gasteiger charge is 2.83. The first-order valence-corrected chi connectivity index (χ1v) is 18.1. The fraction of sp³-hybridized carbons (Fsp3) is 0.600. The van der Waals surface area contributed by atoms with Crippen LogP contribution in [0.2, 0.25) is 5.02 Å². The molecule has 1 aromatic rings. The Balaban J connectivity index is 1.50. The molecular weight excluding hydrogens is 676 g/mol. The van der Waals surface area contributed by atoms with Crippen molar-refractivity contribution < 1.29 is 48.3 Å². The molecule has 4 aliphatic carbocycles. The molecular formula is C40H51ClO10. The molecule has 0 amide bonds. The highest BCUT2D eigenvalue weighted by atomic mass is 35.5. The quantitative estimate of drug-likeness (QED) is 0.126. The lowest BCUT2D eigenvalue weighted by atomic mass is 9.42. The molecule has 8 atom stereocenters. The molecule has 11 heteroatoms. The van der Waals surface area contributed by atoms with Crippen molar-refractivity contribution in [3.8, 4) is 0 Å². The third-order valence-corrected chi connectivity index (χ3v) is 13.1. The third kappa shape index (κ3) is 6.40. The molecule has 1 aromatic carbocycles. The predicted octanol–water partition coefficient (Wildman–Crippen LogP) is 6.10. The van der Waals surface area contributed by atoms with Crippen LogP contribution in [0, 0.1) is 22.7 Å². The van der Waals surface area contributed by atoms with Crippen molar-refractivity contribution in [3.05, 3.63) is 64.2 Å². The van der Waals surface area contributed by atoms with E-state index < -0.39 is 76.1 Å². The number of hydrogen-bond acceptors (Lipinski definition) is 10. The molecule has 1 unspecified atom stereocenters. The Labute approximate surface area is 305 Å². The molecule has 2 N–H and O–H groups in total. The molecule has 0 radical (unpaired) electrons. The number of fused-ring (bicyclic) bond motifs is 5. The maximum Gasteiger partial charge on any atom is 0.333 e. The highest BCUT2D eigenvalue weighted by molar-refractivity contribution is 6.32. The van der Waals surface area contributed by atoms with Crippen molar-refractivity contribution in [2.24, 2.45) is 22.7 Å². The van der Waals surface area contributed by atoms with E-state index in [2.05, 4.69) is 0 Å². The Hall–Kier alpha value is -3.31. The van der Waals surface area contributed by atoms with E-state index in [1.165, 1.54) is 26.2 Å². The van der Waals surface area contributed by atoms with E-state index >= 15 is 0 Å². The van der Waals surface area contributed by atoms with Crippen LogP contribution in [0.1, 0.15) is 92.1 Å². The van der Waals surface area contributed by atoms with Crippen LogP contribution in [0.15, 0.2) is 53.6 Å². The first-order valence-electron chi connectivity index (χ1n) is 17.8. The second kappa shape index (κ2) is 14.3. The van der Waals surface area contributed by atoms with Crippen LogP contribution in [-0.2, 0) is 38.1 Å². The van der Waals surface area contributed by atoms with Gasteiger partial charge in [0.2, 0.25) is 0 Å². The third-order valence-electron chi connectivity index (χ3n) is 12.7. The molecule has 0 aliphatic heterocycles. The largest absolute Gasteiger partial charge is 0.459 e.